The lowest BCUT2D eigenvalue weighted by Gasteiger charge is -2.29. The number of halogens is 1. The van der Waals surface area contributed by atoms with Gasteiger partial charge >= 0.3 is 11.9 Å². The van der Waals surface area contributed by atoms with E-state index in [1.54, 1.807) is 19.1 Å². The molecule has 1 saturated carbocycles. The Balaban J connectivity index is 2.10. The Hall–Kier alpha value is -2.59. The summed E-state index contributed by atoms with van der Waals surface area (Å²) in [6.45, 7) is 11.0. The molecule has 0 spiro atoms. The van der Waals surface area contributed by atoms with Crippen LogP contribution in [0.5, 0.6) is 11.5 Å². The van der Waals surface area contributed by atoms with Crippen LogP contribution in [0.3, 0.4) is 0 Å². The van der Waals surface area contributed by atoms with Crippen molar-refractivity contribution < 1.29 is 19.1 Å². The molecule has 0 aromatic heterocycles. The molecule has 0 heterocycles. The van der Waals surface area contributed by atoms with Crippen LogP contribution < -0.4 is 9.47 Å². The van der Waals surface area contributed by atoms with Gasteiger partial charge in [-0.3, -0.25) is 0 Å². The average molecular weight is 397 g/mol. The largest absolute Gasteiger partial charge is 0.422 e. The van der Waals surface area contributed by atoms with Gasteiger partial charge in [0, 0.05) is 33.5 Å². The van der Waals surface area contributed by atoms with Gasteiger partial charge in [-0.2, -0.15) is 0 Å². The van der Waals surface area contributed by atoms with E-state index in [1.807, 2.05) is 6.07 Å². The molecule has 2 atom stereocenters. The SMILES string of the molecule is C=CC(=O)Oc1c2c(c(OC(=O)C(=C)C)c3c(Cl)cccc13)C1CCC2(C)C1. The standard InChI is InChI=1S/C23H21ClO4/c1-5-16(25)27-20-14-7-6-8-15(24)18(14)21(28-22(26)12(2)3)17-13-9-10-23(4,11-13)19(17)20/h5-8,13H,1-2,9-11H2,3-4H3. The van der Waals surface area contributed by atoms with Crippen molar-refractivity contribution in [3.05, 3.63) is 59.2 Å². The monoisotopic (exact) mass is 396 g/mol. The molecule has 2 bridgehead atoms. The molecular formula is C23H21ClO4. The van der Waals surface area contributed by atoms with Crippen molar-refractivity contribution in [3.63, 3.8) is 0 Å². The van der Waals surface area contributed by atoms with Crippen molar-refractivity contribution in [1.82, 2.24) is 0 Å². The van der Waals surface area contributed by atoms with Crippen LogP contribution in [0.25, 0.3) is 10.8 Å². The zero-order valence-electron chi connectivity index (χ0n) is 15.9. The minimum atomic E-state index is -0.526. The Morgan fingerprint density at radius 1 is 1.29 bits per heavy atom. The lowest BCUT2D eigenvalue weighted by Crippen LogP contribution is -2.20. The molecule has 4 nitrogen and oxygen atoms in total. The van der Waals surface area contributed by atoms with Gasteiger partial charge < -0.3 is 9.47 Å². The van der Waals surface area contributed by atoms with Crippen LogP contribution in [0, 0.1) is 0 Å². The Morgan fingerprint density at radius 2 is 2.04 bits per heavy atom. The predicted octanol–water partition coefficient (Wildman–Crippen LogP) is 5.60. The minimum absolute atomic E-state index is 0.141. The highest BCUT2D eigenvalue weighted by Gasteiger charge is 2.51. The Bertz CT molecular complexity index is 1070. The maximum atomic E-state index is 12.4. The van der Waals surface area contributed by atoms with Crippen LogP contribution >= 0.6 is 11.6 Å². The molecule has 0 radical (unpaired) electrons. The number of esters is 2. The summed E-state index contributed by atoms with van der Waals surface area (Å²) in [6, 6.07) is 5.37. The van der Waals surface area contributed by atoms with Crippen LogP contribution in [-0.2, 0) is 15.0 Å². The number of rotatable bonds is 4. The van der Waals surface area contributed by atoms with Crippen LogP contribution in [0.1, 0.15) is 50.2 Å². The van der Waals surface area contributed by atoms with E-state index in [9.17, 15) is 9.59 Å². The highest BCUT2D eigenvalue weighted by Crippen LogP contribution is 2.64. The van der Waals surface area contributed by atoms with Crippen molar-refractivity contribution in [2.75, 3.05) is 0 Å². The van der Waals surface area contributed by atoms with Gasteiger partial charge in [0.2, 0.25) is 0 Å². The molecule has 2 aromatic rings. The first-order valence-electron chi connectivity index (χ1n) is 9.27. The molecule has 5 heteroatoms. The first-order chi connectivity index (χ1) is 13.3. The topological polar surface area (TPSA) is 52.6 Å². The molecule has 4 rings (SSSR count). The summed E-state index contributed by atoms with van der Waals surface area (Å²) < 4.78 is 11.5. The molecular weight excluding hydrogens is 376 g/mol. The summed E-state index contributed by atoms with van der Waals surface area (Å²) in [7, 11) is 0. The van der Waals surface area contributed by atoms with Gasteiger partial charge in [-0.25, -0.2) is 9.59 Å². The first kappa shape index (κ1) is 18.8. The summed E-state index contributed by atoms with van der Waals surface area (Å²) in [6.07, 6.45) is 4.05. The normalized spacial score (nSPS) is 22.0. The van der Waals surface area contributed by atoms with Crippen molar-refractivity contribution in [2.24, 2.45) is 0 Å². The van der Waals surface area contributed by atoms with E-state index in [-0.39, 0.29) is 11.3 Å². The van der Waals surface area contributed by atoms with Crippen molar-refractivity contribution in [2.45, 2.75) is 44.4 Å². The molecule has 0 saturated heterocycles. The highest BCUT2D eigenvalue weighted by molar-refractivity contribution is 6.36. The quantitative estimate of drug-likeness (QED) is 0.383. The molecule has 1 fully saturated rings. The van der Waals surface area contributed by atoms with Gasteiger partial charge in [-0.15, -0.1) is 0 Å². The summed E-state index contributed by atoms with van der Waals surface area (Å²) in [5, 5.41) is 1.67. The number of hydrogen-bond acceptors (Lipinski definition) is 4. The molecule has 2 unspecified atom stereocenters. The fraction of sp³-hybridized carbons (Fsp3) is 0.304. The maximum Gasteiger partial charge on any atom is 0.338 e. The van der Waals surface area contributed by atoms with E-state index in [2.05, 4.69) is 20.1 Å². The second-order valence-corrected chi connectivity index (χ2v) is 8.31. The molecule has 0 aliphatic heterocycles. The fourth-order valence-corrected chi connectivity index (χ4v) is 4.95. The number of carbonyl (C=O) groups excluding carboxylic acids is 2. The van der Waals surface area contributed by atoms with E-state index in [1.165, 1.54) is 0 Å². The van der Waals surface area contributed by atoms with E-state index >= 15 is 0 Å². The van der Waals surface area contributed by atoms with Gasteiger partial charge in [-0.1, -0.05) is 43.8 Å². The summed E-state index contributed by atoms with van der Waals surface area (Å²) in [4.78, 5) is 24.5. The highest BCUT2D eigenvalue weighted by atomic mass is 35.5. The number of carbonyl (C=O) groups is 2. The van der Waals surface area contributed by atoms with Crippen LogP contribution in [0.2, 0.25) is 5.02 Å². The fourth-order valence-electron chi connectivity index (χ4n) is 4.69. The third kappa shape index (κ3) is 2.67. The van der Waals surface area contributed by atoms with Crippen LogP contribution in [0.15, 0.2) is 43.0 Å². The van der Waals surface area contributed by atoms with Crippen LogP contribution in [0.4, 0.5) is 0 Å². The Kier molecular flexibility index (Phi) is 4.35. The minimum Gasteiger partial charge on any atom is -0.422 e. The van der Waals surface area contributed by atoms with Crippen molar-refractivity contribution in [1.29, 1.82) is 0 Å². The average Bonchev–Trinajstić information content (AvgIpc) is 3.18. The third-order valence-electron chi connectivity index (χ3n) is 5.89. The Morgan fingerprint density at radius 3 is 2.71 bits per heavy atom. The zero-order chi connectivity index (χ0) is 20.2. The second kappa shape index (κ2) is 6.49. The summed E-state index contributed by atoms with van der Waals surface area (Å²) in [5.41, 5.74) is 2.04. The number of benzene rings is 2. The number of fused-ring (bicyclic) bond motifs is 6. The first-order valence-corrected chi connectivity index (χ1v) is 9.65. The summed E-state index contributed by atoms with van der Waals surface area (Å²) in [5.74, 6) is 0.177. The molecule has 2 aliphatic rings. The zero-order valence-corrected chi connectivity index (χ0v) is 16.7. The number of hydrogen-bond donors (Lipinski definition) is 0. The van der Waals surface area contributed by atoms with E-state index < -0.39 is 11.9 Å². The predicted molar refractivity (Wildman–Crippen MR) is 109 cm³/mol. The van der Waals surface area contributed by atoms with Gasteiger partial charge in [0.05, 0.1) is 5.02 Å². The molecule has 28 heavy (non-hydrogen) atoms. The molecule has 2 aromatic carbocycles. The third-order valence-corrected chi connectivity index (χ3v) is 6.21. The van der Waals surface area contributed by atoms with E-state index in [0.29, 0.717) is 32.9 Å². The van der Waals surface area contributed by atoms with E-state index in [0.717, 1.165) is 36.5 Å². The van der Waals surface area contributed by atoms with E-state index in [4.69, 9.17) is 21.1 Å². The second-order valence-electron chi connectivity index (χ2n) is 7.90. The number of ether oxygens (including phenoxy) is 2. The summed E-state index contributed by atoms with van der Waals surface area (Å²) >= 11 is 6.53. The lowest BCUT2D eigenvalue weighted by atomic mass is 9.78. The van der Waals surface area contributed by atoms with Crippen molar-refractivity contribution >= 4 is 34.3 Å². The molecule has 0 N–H and O–H groups in total. The lowest BCUT2D eigenvalue weighted by molar-refractivity contribution is -0.130. The Labute approximate surface area is 168 Å². The molecule has 144 valence electrons. The maximum absolute atomic E-state index is 12.4. The van der Waals surface area contributed by atoms with Gasteiger partial charge in [-0.05, 0) is 43.6 Å². The van der Waals surface area contributed by atoms with Crippen LogP contribution in [-0.4, -0.2) is 11.9 Å². The van der Waals surface area contributed by atoms with Gasteiger partial charge in [0.25, 0.3) is 0 Å². The smallest absolute Gasteiger partial charge is 0.338 e. The van der Waals surface area contributed by atoms with Gasteiger partial charge in [0.1, 0.15) is 11.5 Å². The molecule has 2 aliphatic carbocycles. The molecule has 0 amide bonds. The van der Waals surface area contributed by atoms with Gasteiger partial charge in [0.15, 0.2) is 0 Å². The van der Waals surface area contributed by atoms with Crippen molar-refractivity contribution in [3.8, 4) is 11.5 Å².